The van der Waals surface area contributed by atoms with Gasteiger partial charge in [0.25, 0.3) is 0 Å². The number of nitrogens with zero attached hydrogens (tertiary/aromatic N) is 1. The van der Waals surface area contributed by atoms with E-state index in [0.717, 1.165) is 58.2 Å². The van der Waals surface area contributed by atoms with Crippen LogP contribution in [0.5, 0.6) is 0 Å². The van der Waals surface area contributed by atoms with E-state index in [-0.39, 0.29) is 30.7 Å². The van der Waals surface area contributed by atoms with Crippen molar-refractivity contribution in [1.29, 1.82) is 0 Å². The molecule has 1 aliphatic carbocycles. The van der Waals surface area contributed by atoms with E-state index in [1.165, 1.54) is 5.56 Å². The van der Waals surface area contributed by atoms with Crippen LogP contribution in [-0.4, -0.2) is 35.5 Å². The summed E-state index contributed by atoms with van der Waals surface area (Å²) in [5.41, 5.74) is 6.99. The summed E-state index contributed by atoms with van der Waals surface area (Å²) in [6.07, 6.45) is 5.89. The number of carbonyl (C=O) groups excluding carboxylic acids is 1. The second kappa shape index (κ2) is 9.62. The molecule has 1 heterocycles. The number of benzene rings is 1. The van der Waals surface area contributed by atoms with Gasteiger partial charge in [-0.2, -0.15) is 0 Å². The molecule has 0 unspecified atom stereocenters. The average Bonchev–Trinajstić information content (AvgIpc) is 2.98. The summed E-state index contributed by atoms with van der Waals surface area (Å²) in [4.78, 5) is 14.8. The molecule has 1 saturated carbocycles. The first-order valence-corrected chi connectivity index (χ1v) is 8.52. The number of carbonyl (C=O) groups is 1. The van der Waals surface area contributed by atoms with Gasteiger partial charge >= 0.3 is 0 Å². The van der Waals surface area contributed by atoms with Crippen molar-refractivity contribution in [3.8, 4) is 0 Å². The molecule has 6 heteroatoms. The quantitative estimate of drug-likeness (QED) is 0.852. The van der Waals surface area contributed by atoms with Crippen molar-refractivity contribution >= 4 is 30.7 Å². The maximum Gasteiger partial charge on any atom is 0.240 e. The van der Waals surface area contributed by atoms with E-state index < -0.39 is 5.54 Å². The van der Waals surface area contributed by atoms with Gasteiger partial charge in [0.1, 0.15) is 0 Å². The fourth-order valence-electron chi connectivity index (χ4n) is 3.64. The highest BCUT2D eigenvalue weighted by molar-refractivity contribution is 5.86. The maximum absolute atomic E-state index is 12.4. The van der Waals surface area contributed by atoms with Crippen molar-refractivity contribution in [3.63, 3.8) is 0 Å². The van der Waals surface area contributed by atoms with Gasteiger partial charge in [-0.3, -0.25) is 9.69 Å². The molecule has 2 fully saturated rings. The third kappa shape index (κ3) is 5.35. The lowest BCUT2D eigenvalue weighted by molar-refractivity contribution is -0.127. The Hall–Kier alpha value is -0.810. The minimum absolute atomic E-state index is 0. The van der Waals surface area contributed by atoms with Crippen LogP contribution in [0.4, 0.5) is 0 Å². The van der Waals surface area contributed by atoms with Crippen LogP contribution in [0.3, 0.4) is 0 Å². The van der Waals surface area contributed by atoms with Crippen molar-refractivity contribution in [2.75, 3.05) is 13.1 Å². The number of nitrogens with one attached hydrogen (secondary N) is 1. The zero-order valence-corrected chi connectivity index (χ0v) is 15.7. The summed E-state index contributed by atoms with van der Waals surface area (Å²) in [6.45, 7) is 3.08. The number of halogens is 2. The van der Waals surface area contributed by atoms with E-state index in [0.29, 0.717) is 6.04 Å². The maximum atomic E-state index is 12.4. The Morgan fingerprint density at radius 1 is 1.12 bits per heavy atom. The molecule has 0 spiro atoms. The van der Waals surface area contributed by atoms with Crippen molar-refractivity contribution in [2.45, 2.75) is 56.7 Å². The molecule has 1 aliphatic heterocycles. The summed E-state index contributed by atoms with van der Waals surface area (Å²) in [7, 11) is 0. The fraction of sp³-hybridized carbons (Fsp3) is 0.611. The number of hydrogen-bond donors (Lipinski definition) is 2. The van der Waals surface area contributed by atoms with Gasteiger partial charge < -0.3 is 11.1 Å². The predicted octanol–water partition coefficient (Wildman–Crippen LogP) is 2.88. The molecule has 136 valence electrons. The third-order valence-corrected chi connectivity index (χ3v) is 5.12. The average molecular weight is 374 g/mol. The summed E-state index contributed by atoms with van der Waals surface area (Å²) in [5.74, 6) is 0.0755. The molecule has 2 aliphatic rings. The molecule has 0 atom stereocenters. The van der Waals surface area contributed by atoms with Gasteiger partial charge in [0.15, 0.2) is 0 Å². The van der Waals surface area contributed by atoms with E-state index in [9.17, 15) is 4.79 Å². The minimum Gasteiger partial charge on any atom is -0.352 e. The summed E-state index contributed by atoms with van der Waals surface area (Å²) >= 11 is 0. The molecule has 0 aromatic heterocycles. The first kappa shape index (κ1) is 21.2. The monoisotopic (exact) mass is 373 g/mol. The lowest BCUT2D eigenvalue weighted by Gasteiger charge is -2.34. The zero-order valence-electron chi connectivity index (χ0n) is 14.1. The Morgan fingerprint density at radius 3 is 2.29 bits per heavy atom. The van der Waals surface area contributed by atoms with Crippen LogP contribution in [0.2, 0.25) is 0 Å². The van der Waals surface area contributed by atoms with Crippen molar-refractivity contribution in [1.82, 2.24) is 10.2 Å². The van der Waals surface area contributed by atoms with E-state index in [1.54, 1.807) is 0 Å². The zero-order chi connectivity index (χ0) is 15.4. The van der Waals surface area contributed by atoms with Crippen LogP contribution in [0, 0.1) is 0 Å². The lowest BCUT2D eigenvalue weighted by Crippen LogP contribution is -2.56. The Labute approximate surface area is 157 Å². The van der Waals surface area contributed by atoms with Crippen molar-refractivity contribution in [2.24, 2.45) is 5.73 Å². The van der Waals surface area contributed by atoms with Gasteiger partial charge in [-0.05, 0) is 31.2 Å². The molecular weight excluding hydrogens is 345 g/mol. The Morgan fingerprint density at radius 2 is 1.71 bits per heavy atom. The number of nitrogens with two attached hydrogens (primary N) is 1. The van der Waals surface area contributed by atoms with Crippen LogP contribution in [0.1, 0.15) is 44.1 Å². The lowest BCUT2D eigenvalue weighted by atomic mass is 9.96. The highest BCUT2D eigenvalue weighted by atomic mass is 35.5. The van der Waals surface area contributed by atoms with Crippen molar-refractivity contribution in [3.05, 3.63) is 35.9 Å². The van der Waals surface area contributed by atoms with Gasteiger partial charge in [0.2, 0.25) is 5.91 Å². The second-order valence-corrected chi connectivity index (χ2v) is 6.87. The molecule has 1 saturated heterocycles. The molecule has 0 bridgehead atoms. The number of piperidine rings is 1. The van der Waals surface area contributed by atoms with E-state index in [2.05, 4.69) is 40.5 Å². The molecule has 3 rings (SSSR count). The molecule has 1 aromatic rings. The molecular formula is C18H29Cl2N3O. The molecule has 1 amide bonds. The Kier molecular flexibility index (Phi) is 8.51. The highest BCUT2D eigenvalue weighted by Gasteiger charge is 2.38. The van der Waals surface area contributed by atoms with Gasteiger partial charge in [0.05, 0.1) is 5.54 Å². The molecule has 0 radical (unpaired) electrons. The van der Waals surface area contributed by atoms with Gasteiger partial charge in [-0.15, -0.1) is 24.8 Å². The third-order valence-electron chi connectivity index (χ3n) is 5.12. The van der Waals surface area contributed by atoms with Crippen LogP contribution in [-0.2, 0) is 11.3 Å². The summed E-state index contributed by atoms with van der Waals surface area (Å²) < 4.78 is 0. The molecule has 3 N–H and O–H groups in total. The van der Waals surface area contributed by atoms with E-state index >= 15 is 0 Å². The van der Waals surface area contributed by atoms with E-state index in [1.807, 2.05) is 0 Å². The highest BCUT2D eigenvalue weighted by Crippen LogP contribution is 2.27. The largest absolute Gasteiger partial charge is 0.352 e. The Bertz CT molecular complexity index is 498. The van der Waals surface area contributed by atoms with Crippen LogP contribution in [0.25, 0.3) is 0 Å². The SMILES string of the molecule is Cl.Cl.NC1(C(=O)NC2CCN(Cc3ccccc3)CC2)CCCC1. The fourth-order valence-corrected chi connectivity index (χ4v) is 3.64. The Balaban J connectivity index is 0.00000144. The normalized spacial score (nSPS) is 20.7. The molecule has 4 nitrogen and oxygen atoms in total. The summed E-state index contributed by atoms with van der Waals surface area (Å²) in [6, 6.07) is 10.9. The van der Waals surface area contributed by atoms with E-state index in [4.69, 9.17) is 5.73 Å². The van der Waals surface area contributed by atoms with Crippen LogP contribution in [0.15, 0.2) is 30.3 Å². The first-order chi connectivity index (χ1) is 10.7. The minimum atomic E-state index is -0.596. The smallest absolute Gasteiger partial charge is 0.240 e. The number of amides is 1. The first-order valence-electron chi connectivity index (χ1n) is 8.52. The van der Waals surface area contributed by atoms with Crippen LogP contribution >= 0.6 is 24.8 Å². The number of rotatable bonds is 4. The number of hydrogen-bond acceptors (Lipinski definition) is 3. The standard InChI is InChI=1S/C18H27N3O.2ClH/c19-18(10-4-5-11-18)17(22)20-16-8-12-21(13-9-16)14-15-6-2-1-3-7-15;;/h1-3,6-7,16H,4-5,8-14,19H2,(H,20,22);2*1H. The van der Waals surface area contributed by atoms with Crippen LogP contribution < -0.4 is 11.1 Å². The van der Waals surface area contributed by atoms with Crippen molar-refractivity contribution < 1.29 is 4.79 Å². The molecule has 24 heavy (non-hydrogen) atoms. The van der Waals surface area contributed by atoms with Gasteiger partial charge in [0, 0.05) is 25.7 Å². The number of likely N-dealkylation sites (tertiary alicyclic amines) is 1. The molecule has 1 aromatic carbocycles. The summed E-state index contributed by atoms with van der Waals surface area (Å²) in [5, 5.41) is 3.20. The van der Waals surface area contributed by atoms with Gasteiger partial charge in [-0.25, -0.2) is 0 Å². The van der Waals surface area contributed by atoms with Gasteiger partial charge in [-0.1, -0.05) is 43.2 Å². The predicted molar refractivity (Wildman–Crippen MR) is 103 cm³/mol. The second-order valence-electron chi connectivity index (χ2n) is 6.87. The topological polar surface area (TPSA) is 58.4 Å².